The molecule has 1 aromatic heterocycles. The molecule has 0 aliphatic rings. The summed E-state index contributed by atoms with van der Waals surface area (Å²) >= 11 is 0. The van der Waals surface area contributed by atoms with E-state index in [-0.39, 0.29) is 17.6 Å². The maximum absolute atomic E-state index is 12.3. The lowest BCUT2D eigenvalue weighted by atomic mass is 10.1. The second-order valence-corrected chi connectivity index (χ2v) is 4.28. The Kier molecular flexibility index (Phi) is 4.54. The predicted molar refractivity (Wildman–Crippen MR) is 61.0 cm³/mol. The molecule has 0 aliphatic carbocycles. The van der Waals surface area contributed by atoms with Gasteiger partial charge in [0.15, 0.2) is 0 Å². The van der Waals surface area contributed by atoms with Gasteiger partial charge in [0.1, 0.15) is 5.69 Å². The highest BCUT2D eigenvalue weighted by Crippen LogP contribution is 2.15. The second-order valence-electron chi connectivity index (χ2n) is 4.28. The van der Waals surface area contributed by atoms with E-state index in [2.05, 4.69) is 10.3 Å². The largest absolute Gasteiger partial charge is 0.349 e. The van der Waals surface area contributed by atoms with E-state index in [1.54, 1.807) is 0 Å². The van der Waals surface area contributed by atoms with Gasteiger partial charge >= 0.3 is 0 Å². The van der Waals surface area contributed by atoms with Gasteiger partial charge < -0.3 is 5.32 Å². The van der Waals surface area contributed by atoms with Gasteiger partial charge in [0.05, 0.1) is 5.56 Å². The molecule has 3 nitrogen and oxygen atoms in total. The van der Waals surface area contributed by atoms with Crippen LogP contribution in [-0.2, 0) is 0 Å². The van der Waals surface area contributed by atoms with Crippen molar-refractivity contribution in [2.75, 3.05) is 0 Å². The molecule has 1 heterocycles. The summed E-state index contributed by atoms with van der Waals surface area (Å²) in [4.78, 5) is 15.2. The summed E-state index contributed by atoms with van der Waals surface area (Å²) in [7, 11) is 0. The van der Waals surface area contributed by atoms with Gasteiger partial charge in [0, 0.05) is 12.2 Å². The average molecular weight is 242 g/mol. The van der Waals surface area contributed by atoms with Crippen molar-refractivity contribution in [3.63, 3.8) is 0 Å². The number of rotatable bonds is 4. The van der Waals surface area contributed by atoms with Gasteiger partial charge in [-0.1, -0.05) is 13.8 Å². The first kappa shape index (κ1) is 13.5. The van der Waals surface area contributed by atoms with E-state index < -0.39 is 6.43 Å². The van der Waals surface area contributed by atoms with E-state index >= 15 is 0 Å². The zero-order valence-electron chi connectivity index (χ0n) is 10.1. The number of pyridine rings is 1. The van der Waals surface area contributed by atoms with Crippen molar-refractivity contribution < 1.29 is 13.6 Å². The van der Waals surface area contributed by atoms with E-state index in [0.29, 0.717) is 11.5 Å². The number of nitrogens with one attached hydrogen (secondary N) is 1. The van der Waals surface area contributed by atoms with E-state index in [9.17, 15) is 13.6 Å². The summed E-state index contributed by atoms with van der Waals surface area (Å²) in [5.74, 6) is 0.0202. The van der Waals surface area contributed by atoms with E-state index in [4.69, 9.17) is 0 Å². The Balaban J connectivity index is 2.70. The van der Waals surface area contributed by atoms with E-state index in [1.807, 2.05) is 20.8 Å². The molecule has 0 fully saturated rings. The molecular formula is C12H16F2N2O. The highest BCUT2D eigenvalue weighted by molar-refractivity contribution is 5.94. The number of halogens is 2. The van der Waals surface area contributed by atoms with Crippen molar-refractivity contribution in [1.29, 1.82) is 0 Å². The minimum atomic E-state index is -2.61. The quantitative estimate of drug-likeness (QED) is 0.882. The van der Waals surface area contributed by atoms with Crippen molar-refractivity contribution in [3.05, 3.63) is 29.6 Å². The smallest absolute Gasteiger partial charge is 0.280 e. The number of nitrogens with zero attached hydrogens (tertiary/aromatic N) is 1. The molecule has 94 valence electrons. The van der Waals surface area contributed by atoms with E-state index in [0.717, 1.165) is 0 Å². The molecule has 5 heteroatoms. The Morgan fingerprint density at radius 1 is 1.29 bits per heavy atom. The molecule has 0 saturated heterocycles. The van der Waals surface area contributed by atoms with Crippen LogP contribution in [-0.4, -0.2) is 16.9 Å². The van der Waals surface area contributed by atoms with Gasteiger partial charge in [-0.25, -0.2) is 8.78 Å². The Morgan fingerprint density at radius 3 is 2.35 bits per heavy atom. The third kappa shape index (κ3) is 3.76. The van der Waals surface area contributed by atoms with Gasteiger partial charge in [-0.15, -0.1) is 0 Å². The van der Waals surface area contributed by atoms with Gasteiger partial charge in [-0.2, -0.15) is 0 Å². The lowest BCUT2D eigenvalue weighted by Gasteiger charge is -2.17. The van der Waals surface area contributed by atoms with Crippen LogP contribution >= 0.6 is 0 Å². The molecule has 1 rings (SSSR count). The molecule has 17 heavy (non-hydrogen) atoms. The highest BCUT2D eigenvalue weighted by Gasteiger charge is 2.14. The molecule has 1 aromatic rings. The molecule has 0 spiro atoms. The Morgan fingerprint density at radius 2 is 1.94 bits per heavy atom. The number of alkyl halides is 2. The number of hydrogen-bond donors (Lipinski definition) is 1. The second kappa shape index (κ2) is 5.70. The number of hydrogen-bond acceptors (Lipinski definition) is 2. The molecule has 1 unspecified atom stereocenters. The minimum absolute atomic E-state index is 0.0253. The predicted octanol–water partition coefficient (Wildman–Crippen LogP) is 2.79. The fourth-order valence-corrected chi connectivity index (χ4v) is 1.13. The molecule has 0 bridgehead atoms. The van der Waals surface area contributed by atoms with Gasteiger partial charge in [-0.05, 0) is 25.0 Å². The number of carbonyl (C=O) groups is 1. The zero-order valence-corrected chi connectivity index (χ0v) is 10.1. The molecule has 0 aromatic carbocycles. The van der Waals surface area contributed by atoms with Gasteiger partial charge in [-0.3, -0.25) is 9.78 Å². The Labute approximate surface area is 99.2 Å². The van der Waals surface area contributed by atoms with Crippen molar-refractivity contribution in [2.45, 2.75) is 33.2 Å². The summed E-state index contributed by atoms with van der Waals surface area (Å²) < 4.78 is 24.5. The minimum Gasteiger partial charge on any atom is -0.349 e. The van der Waals surface area contributed by atoms with Crippen LogP contribution < -0.4 is 5.32 Å². The molecule has 0 radical (unpaired) electrons. The van der Waals surface area contributed by atoms with Crippen LogP contribution in [0.3, 0.4) is 0 Å². The van der Waals surface area contributed by atoms with Crippen LogP contribution in [0.25, 0.3) is 0 Å². The number of aromatic nitrogens is 1. The maximum Gasteiger partial charge on any atom is 0.280 e. The van der Waals surface area contributed by atoms with Crippen molar-refractivity contribution in [2.24, 2.45) is 5.92 Å². The first-order valence-corrected chi connectivity index (χ1v) is 5.46. The molecule has 1 N–H and O–H groups in total. The van der Waals surface area contributed by atoms with Crippen LogP contribution in [0, 0.1) is 5.92 Å². The SMILES string of the molecule is CC(C)C(C)NC(=O)c1ccc(C(F)F)nc1. The van der Waals surface area contributed by atoms with Gasteiger partial charge in [0.2, 0.25) is 0 Å². The molecule has 0 aliphatic heterocycles. The average Bonchev–Trinajstić information content (AvgIpc) is 2.28. The molecule has 1 atom stereocenters. The highest BCUT2D eigenvalue weighted by atomic mass is 19.3. The van der Waals surface area contributed by atoms with Crippen molar-refractivity contribution >= 4 is 5.91 Å². The van der Waals surface area contributed by atoms with Crippen LogP contribution in [0.1, 0.15) is 43.2 Å². The van der Waals surface area contributed by atoms with Crippen LogP contribution in [0.4, 0.5) is 8.78 Å². The summed E-state index contributed by atoms with van der Waals surface area (Å²) in [6, 6.07) is 2.55. The summed E-state index contributed by atoms with van der Waals surface area (Å²) in [6.07, 6.45) is -1.44. The number of amides is 1. The molecular weight excluding hydrogens is 226 g/mol. The monoisotopic (exact) mass is 242 g/mol. The third-order valence-corrected chi connectivity index (χ3v) is 2.63. The fraction of sp³-hybridized carbons (Fsp3) is 0.500. The first-order valence-electron chi connectivity index (χ1n) is 5.46. The van der Waals surface area contributed by atoms with Crippen LogP contribution in [0.15, 0.2) is 18.3 Å². The Hall–Kier alpha value is -1.52. The summed E-state index contributed by atoms with van der Waals surface area (Å²) in [5, 5.41) is 2.78. The molecule has 0 saturated carbocycles. The van der Waals surface area contributed by atoms with E-state index in [1.165, 1.54) is 18.3 Å². The zero-order chi connectivity index (χ0) is 13.0. The summed E-state index contributed by atoms with van der Waals surface area (Å²) in [6.45, 7) is 5.87. The topological polar surface area (TPSA) is 42.0 Å². The number of carbonyl (C=O) groups excluding carboxylic acids is 1. The standard InChI is InChI=1S/C12H16F2N2O/c1-7(2)8(3)16-12(17)9-4-5-10(11(13)14)15-6-9/h4-8,11H,1-3H3,(H,16,17). The van der Waals surface area contributed by atoms with Crippen LogP contribution in [0.5, 0.6) is 0 Å². The first-order chi connectivity index (χ1) is 7.91. The fourth-order valence-electron chi connectivity index (χ4n) is 1.13. The maximum atomic E-state index is 12.3. The molecule has 1 amide bonds. The van der Waals surface area contributed by atoms with Crippen molar-refractivity contribution in [3.8, 4) is 0 Å². The lowest BCUT2D eigenvalue weighted by Crippen LogP contribution is -2.36. The van der Waals surface area contributed by atoms with Crippen molar-refractivity contribution in [1.82, 2.24) is 10.3 Å². The third-order valence-electron chi connectivity index (χ3n) is 2.63. The lowest BCUT2D eigenvalue weighted by molar-refractivity contribution is 0.0929. The Bertz CT molecular complexity index is 377. The normalized spacial score (nSPS) is 12.9. The van der Waals surface area contributed by atoms with Gasteiger partial charge in [0.25, 0.3) is 12.3 Å². The van der Waals surface area contributed by atoms with Crippen LogP contribution in [0.2, 0.25) is 0 Å². The summed E-state index contributed by atoms with van der Waals surface area (Å²) in [5.41, 5.74) is -0.0274.